The molecule has 0 atom stereocenters. The predicted molar refractivity (Wildman–Crippen MR) is 94.4 cm³/mol. The van der Waals surface area contributed by atoms with Gasteiger partial charge in [-0.1, -0.05) is 12.1 Å². The van der Waals surface area contributed by atoms with Crippen molar-refractivity contribution in [1.82, 2.24) is 14.1 Å². The van der Waals surface area contributed by atoms with Crippen molar-refractivity contribution >= 4 is 17.2 Å². The minimum Gasteiger partial charge on any atom is -0.496 e. The third-order valence-electron chi connectivity index (χ3n) is 3.81. The van der Waals surface area contributed by atoms with Gasteiger partial charge in [0.25, 0.3) is 5.56 Å². The number of ether oxygens (including phenoxy) is 1. The van der Waals surface area contributed by atoms with E-state index in [0.717, 1.165) is 10.1 Å². The molecule has 1 aromatic carbocycles. The quantitative estimate of drug-likeness (QED) is 0.777. The van der Waals surface area contributed by atoms with E-state index in [1.54, 1.807) is 12.5 Å². The second-order valence-electron chi connectivity index (χ2n) is 5.20. The van der Waals surface area contributed by atoms with E-state index in [4.69, 9.17) is 10.5 Å². The molecule has 8 heteroatoms. The molecule has 0 saturated heterocycles. The van der Waals surface area contributed by atoms with Gasteiger partial charge in [-0.2, -0.15) is 0 Å². The molecule has 0 aliphatic rings. The molecule has 0 fully saturated rings. The molecule has 2 N–H and O–H groups in total. The van der Waals surface area contributed by atoms with E-state index in [1.165, 1.54) is 30.0 Å². The second kappa shape index (κ2) is 5.97. The molecule has 124 valence electrons. The van der Waals surface area contributed by atoms with Crippen LogP contribution >= 0.6 is 11.3 Å². The summed E-state index contributed by atoms with van der Waals surface area (Å²) in [6, 6.07) is 7.50. The minimum atomic E-state index is -0.471. The molecule has 7 nitrogen and oxygen atoms in total. The molecule has 0 aliphatic heterocycles. The average molecular weight is 344 g/mol. The molecule has 0 bridgehead atoms. The highest BCUT2D eigenvalue weighted by atomic mass is 32.1. The monoisotopic (exact) mass is 344 g/mol. The molecular formula is C16H16N4O3S. The van der Waals surface area contributed by atoms with Crippen LogP contribution in [0.15, 0.2) is 39.2 Å². The van der Waals surface area contributed by atoms with E-state index in [2.05, 4.69) is 4.98 Å². The third-order valence-corrected chi connectivity index (χ3v) is 4.68. The van der Waals surface area contributed by atoms with Crippen LogP contribution in [0.5, 0.6) is 5.75 Å². The number of nitrogens with zero attached hydrogens (tertiary/aromatic N) is 3. The second-order valence-corrected chi connectivity index (χ2v) is 6.06. The topological polar surface area (TPSA) is 92.1 Å². The van der Waals surface area contributed by atoms with Crippen LogP contribution in [0.1, 0.15) is 0 Å². The van der Waals surface area contributed by atoms with Crippen molar-refractivity contribution in [3.8, 4) is 27.6 Å². The third kappa shape index (κ3) is 2.41. The molecule has 3 aromatic rings. The molecule has 3 rings (SSSR count). The lowest BCUT2D eigenvalue weighted by molar-refractivity contribution is 0.416. The SMILES string of the molecule is COc1ccccc1-c1nc(-c2c(N)n(C)c(=O)n(C)c2=O)cs1. The molecule has 0 radical (unpaired) electrons. The number of nitrogen functional groups attached to an aromatic ring is 1. The fourth-order valence-electron chi connectivity index (χ4n) is 2.43. The highest BCUT2D eigenvalue weighted by Crippen LogP contribution is 2.34. The first-order valence-electron chi connectivity index (χ1n) is 7.10. The number of nitrogens with two attached hydrogens (primary N) is 1. The van der Waals surface area contributed by atoms with Crippen LogP contribution in [0.4, 0.5) is 5.82 Å². The molecule has 2 heterocycles. The first kappa shape index (κ1) is 16.0. The number of methoxy groups -OCH3 is 1. The Labute approximate surface area is 141 Å². The largest absolute Gasteiger partial charge is 0.496 e. The number of hydrogen-bond donors (Lipinski definition) is 1. The first-order valence-corrected chi connectivity index (χ1v) is 7.98. The van der Waals surface area contributed by atoms with Gasteiger partial charge in [0.1, 0.15) is 22.1 Å². The zero-order valence-corrected chi connectivity index (χ0v) is 14.3. The summed E-state index contributed by atoms with van der Waals surface area (Å²) in [6.45, 7) is 0. The summed E-state index contributed by atoms with van der Waals surface area (Å²) < 4.78 is 7.60. The summed E-state index contributed by atoms with van der Waals surface area (Å²) >= 11 is 1.38. The van der Waals surface area contributed by atoms with Crippen LogP contribution in [0.3, 0.4) is 0 Å². The van der Waals surface area contributed by atoms with Crippen molar-refractivity contribution in [2.24, 2.45) is 14.1 Å². The van der Waals surface area contributed by atoms with E-state index in [1.807, 2.05) is 24.3 Å². The molecule has 0 amide bonds. The van der Waals surface area contributed by atoms with Gasteiger partial charge >= 0.3 is 5.69 Å². The Morgan fingerprint density at radius 3 is 2.58 bits per heavy atom. The predicted octanol–water partition coefficient (Wildman–Crippen LogP) is 1.47. The Morgan fingerprint density at radius 1 is 1.17 bits per heavy atom. The summed E-state index contributed by atoms with van der Waals surface area (Å²) in [6.07, 6.45) is 0. The number of anilines is 1. The van der Waals surface area contributed by atoms with Gasteiger partial charge in [0.2, 0.25) is 0 Å². The summed E-state index contributed by atoms with van der Waals surface area (Å²) in [5, 5.41) is 2.46. The molecule has 0 unspecified atom stereocenters. The fraction of sp³-hybridized carbons (Fsp3) is 0.188. The van der Waals surface area contributed by atoms with Crippen molar-refractivity contribution in [1.29, 1.82) is 0 Å². The smallest absolute Gasteiger partial charge is 0.332 e. The van der Waals surface area contributed by atoms with Crippen LogP contribution in [0.2, 0.25) is 0 Å². The maximum Gasteiger partial charge on any atom is 0.332 e. The van der Waals surface area contributed by atoms with Gasteiger partial charge in [0, 0.05) is 19.5 Å². The molecule has 2 aromatic heterocycles. The first-order chi connectivity index (χ1) is 11.5. The normalized spacial score (nSPS) is 10.8. The van der Waals surface area contributed by atoms with Crippen LogP contribution in [0, 0.1) is 0 Å². The van der Waals surface area contributed by atoms with Crippen molar-refractivity contribution < 1.29 is 4.74 Å². The number of thiazole rings is 1. The zero-order valence-electron chi connectivity index (χ0n) is 13.4. The Bertz CT molecular complexity index is 1030. The lowest BCUT2D eigenvalue weighted by Crippen LogP contribution is -2.39. The Balaban J connectivity index is 2.20. The molecule has 0 aliphatic carbocycles. The number of para-hydroxylation sites is 1. The highest BCUT2D eigenvalue weighted by Gasteiger charge is 2.19. The lowest BCUT2D eigenvalue weighted by atomic mass is 10.2. The van der Waals surface area contributed by atoms with Gasteiger partial charge in [0.15, 0.2) is 0 Å². The van der Waals surface area contributed by atoms with E-state index in [9.17, 15) is 9.59 Å². The summed E-state index contributed by atoms with van der Waals surface area (Å²) in [7, 11) is 4.53. The molecule has 24 heavy (non-hydrogen) atoms. The Morgan fingerprint density at radius 2 is 1.88 bits per heavy atom. The van der Waals surface area contributed by atoms with Gasteiger partial charge in [-0.15, -0.1) is 11.3 Å². The maximum atomic E-state index is 12.4. The fourth-order valence-corrected chi connectivity index (χ4v) is 3.27. The van der Waals surface area contributed by atoms with E-state index >= 15 is 0 Å². The summed E-state index contributed by atoms with van der Waals surface area (Å²) in [5.74, 6) is 0.791. The Kier molecular flexibility index (Phi) is 3.98. The molecule has 0 spiro atoms. The minimum absolute atomic E-state index is 0.0972. The van der Waals surface area contributed by atoms with Gasteiger partial charge in [-0.05, 0) is 12.1 Å². The number of benzene rings is 1. The molecule has 0 saturated carbocycles. The zero-order chi connectivity index (χ0) is 17.4. The summed E-state index contributed by atoms with van der Waals surface area (Å²) in [4.78, 5) is 28.9. The average Bonchev–Trinajstić information content (AvgIpc) is 3.08. The van der Waals surface area contributed by atoms with Crippen molar-refractivity contribution in [2.75, 3.05) is 12.8 Å². The van der Waals surface area contributed by atoms with Crippen molar-refractivity contribution in [3.63, 3.8) is 0 Å². The van der Waals surface area contributed by atoms with Crippen LogP contribution in [-0.2, 0) is 14.1 Å². The van der Waals surface area contributed by atoms with E-state index < -0.39 is 11.2 Å². The van der Waals surface area contributed by atoms with Gasteiger partial charge in [-0.3, -0.25) is 13.9 Å². The van der Waals surface area contributed by atoms with Crippen LogP contribution < -0.4 is 21.7 Å². The van der Waals surface area contributed by atoms with Gasteiger partial charge in [-0.25, -0.2) is 9.78 Å². The number of aromatic nitrogens is 3. The summed E-state index contributed by atoms with van der Waals surface area (Å²) in [5.41, 5.74) is 6.53. The van der Waals surface area contributed by atoms with Gasteiger partial charge < -0.3 is 10.5 Å². The van der Waals surface area contributed by atoms with E-state index in [-0.39, 0.29) is 11.4 Å². The lowest BCUT2D eigenvalue weighted by Gasteiger charge is -2.09. The number of hydrogen-bond acceptors (Lipinski definition) is 6. The van der Waals surface area contributed by atoms with Crippen molar-refractivity contribution in [2.45, 2.75) is 0 Å². The van der Waals surface area contributed by atoms with E-state index in [0.29, 0.717) is 16.5 Å². The van der Waals surface area contributed by atoms with Crippen molar-refractivity contribution in [3.05, 3.63) is 50.5 Å². The van der Waals surface area contributed by atoms with Gasteiger partial charge in [0.05, 0.1) is 18.4 Å². The number of rotatable bonds is 3. The Hall–Kier alpha value is -2.87. The molecular weight excluding hydrogens is 328 g/mol. The standard InChI is InChI=1S/C16H16N4O3S/c1-19-13(17)12(15(21)20(2)16(19)22)10-8-24-14(18-10)9-6-4-5-7-11(9)23-3/h4-8H,17H2,1-3H3. The highest BCUT2D eigenvalue weighted by molar-refractivity contribution is 7.13. The van der Waals surface area contributed by atoms with Crippen LogP contribution in [-0.4, -0.2) is 21.2 Å². The maximum absolute atomic E-state index is 12.4. The van der Waals surface area contributed by atoms with Crippen LogP contribution in [0.25, 0.3) is 21.8 Å².